The van der Waals surface area contributed by atoms with Gasteiger partial charge in [-0.1, -0.05) is 0 Å². The lowest BCUT2D eigenvalue weighted by atomic mass is 10.2. The molecule has 7 heteroatoms. The van der Waals surface area contributed by atoms with Crippen LogP contribution in [-0.4, -0.2) is 21.4 Å². The minimum atomic E-state index is -3.79. The van der Waals surface area contributed by atoms with Crippen LogP contribution in [0.1, 0.15) is 12.5 Å². The Hall–Kier alpha value is -2.41. The quantitative estimate of drug-likeness (QED) is 0.933. The largest absolute Gasteiger partial charge is 0.326 e. The molecule has 2 aromatic rings. The van der Waals surface area contributed by atoms with Gasteiger partial charge in [-0.15, -0.1) is 0 Å². The number of hydrogen-bond donors (Lipinski definition) is 1. The van der Waals surface area contributed by atoms with E-state index in [-0.39, 0.29) is 16.4 Å². The van der Waals surface area contributed by atoms with Crippen molar-refractivity contribution in [3.8, 4) is 0 Å². The SMILES string of the molecule is CC(=O)Nc1ccc(N(C)S(=O)(=O)c2ccc(F)c(C)c2)cc1. The Morgan fingerprint density at radius 1 is 1.13 bits per heavy atom. The van der Waals surface area contributed by atoms with Gasteiger partial charge in [0.2, 0.25) is 5.91 Å². The lowest BCUT2D eigenvalue weighted by Crippen LogP contribution is -2.26. The number of nitrogens with one attached hydrogen (secondary N) is 1. The monoisotopic (exact) mass is 336 g/mol. The third-order valence-corrected chi connectivity index (χ3v) is 5.12. The predicted molar refractivity (Wildman–Crippen MR) is 87.5 cm³/mol. The molecule has 0 bridgehead atoms. The lowest BCUT2D eigenvalue weighted by Gasteiger charge is -2.20. The van der Waals surface area contributed by atoms with E-state index in [0.717, 1.165) is 10.4 Å². The molecule has 0 aromatic heterocycles. The van der Waals surface area contributed by atoms with Crippen LogP contribution in [0.3, 0.4) is 0 Å². The zero-order chi connectivity index (χ0) is 17.2. The number of amides is 1. The summed E-state index contributed by atoms with van der Waals surface area (Å²) in [6, 6.07) is 10.1. The van der Waals surface area contributed by atoms with Gasteiger partial charge in [-0.05, 0) is 55.0 Å². The Labute approximate surface area is 134 Å². The lowest BCUT2D eigenvalue weighted by molar-refractivity contribution is -0.114. The van der Waals surface area contributed by atoms with E-state index in [4.69, 9.17) is 0 Å². The second kappa shape index (κ2) is 6.37. The van der Waals surface area contributed by atoms with Gasteiger partial charge in [0.15, 0.2) is 0 Å². The molecule has 0 atom stereocenters. The molecule has 122 valence electrons. The van der Waals surface area contributed by atoms with Gasteiger partial charge in [-0.3, -0.25) is 9.10 Å². The maximum atomic E-state index is 13.3. The van der Waals surface area contributed by atoms with Gasteiger partial charge in [-0.2, -0.15) is 0 Å². The van der Waals surface area contributed by atoms with E-state index in [0.29, 0.717) is 11.4 Å². The summed E-state index contributed by atoms with van der Waals surface area (Å²) < 4.78 is 39.6. The van der Waals surface area contributed by atoms with E-state index in [1.807, 2.05) is 0 Å². The van der Waals surface area contributed by atoms with Gasteiger partial charge in [0.25, 0.3) is 10.0 Å². The van der Waals surface area contributed by atoms with Crippen LogP contribution >= 0.6 is 0 Å². The predicted octanol–water partition coefficient (Wildman–Crippen LogP) is 2.92. The van der Waals surface area contributed by atoms with Gasteiger partial charge in [0.1, 0.15) is 5.82 Å². The van der Waals surface area contributed by atoms with E-state index in [1.54, 1.807) is 24.3 Å². The Bertz CT molecular complexity index is 833. The summed E-state index contributed by atoms with van der Waals surface area (Å²) in [5, 5.41) is 2.61. The van der Waals surface area contributed by atoms with Crippen molar-refractivity contribution >= 4 is 27.3 Å². The summed E-state index contributed by atoms with van der Waals surface area (Å²) in [5.74, 6) is -0.660. The highest BCUT2D eigenvalue weighted by Crippen LogP contribution is 2.24. The summed E-state index contributed by atoms with van der Waals surface area (Å²) >= 11 is 0. The number of halogens is 1. The Balaban J connectivity index is 2.32. The molecule has 0 aliphatic rings. The van der Waals surface area contributed by atoms with Gasteiger partial charge in [0.05, 0.1) is 10.6 Å². The van der Waals surface area contributed by atoms with Crippen LogP contribution in [0.5, 0.6) is 0 Å². The highest BCUT2D eigenvalue weighted by molar-refractivity contribution is 7.92. The Morgan fingerprint density at radius 3 is 2.26 bits per heavy atom. The average molecular weight is 336 g/mol. The second-order valence-corrected chi connectivity index (χ2v) is 7.08. The maximum Gasteiger partial charge on any atom is 0.264 e. The third kappa shape index (κ3) is 3.68. The highest BCUT2D eigenvalue weighted by Gasteiger charge is 2.22. The standard InChI is InChI=1S/C16H17FN2O3S/c1-11-10-15(8-9-16(11)17)23(21,22)19(3)14-6-4-13(5-7-14)18-12(2)20/h4-10H,1-3H3,(H,18,20). The molecule has 0 saturated carbocycles. The molecule has 0 fully saturated rings. The summed E-state index contributed by atoms with van der Waals surface area (Å²) in [6.45, 7) is 2.90. The van der Waals surface area contributed by atoms with Crippen molar-refractivity contribution in [1.82, 2.24) is 0 Å². The van der Waals surface area contributed by atoms with Crippen molar-refractivity contribution in [1.29, 1.82) is 0 Å². The molecule has 1 N–H and O–H groups in total. The normalized spacial score (nSPS) is 11.1. The molecule has 1 amide bonds. The van der Waals surface area contributed by atoms with Crippen molar-refractivity contribution in [2.24, 2.45) is 0 Å². The Kier molecular flexibility index (Phi) is 4.70. The molecule has 23 heavy (non-hydrogen) atoms. The minimum absolute atomic E-state index is 0.0184. The number of sulfonamides is 1. The highest BCUT2D eigenvalue weighted by atomic mass is 32.2. The number of carbonyl (C=O) groups excluding carboxylic acids is 1. The molecular weight excluding hydrogens is 319 g/mol. The molecule has 0 saturated heterocycles. The van der Waals surface area contributed by atoms with Crippen LogP contribution in [0.25, 0.3) is 0 Å². The smallest absolute Gasteiger partial charge is 0.264 e. The molecule has 0 radical (unpaired) electrons. The molecule has 0 spiro atoms. The maximum absolute atomic E-state index is 13.3. The third-order valence-electron chi connectivity index (χ3n) is 3.34. The molecule has 0 aliphatic heterocycles. The van der Waals surface area contributed by atoms with E-state index in [2.05, 4.69) is 5.32 Å². The number of nitrogens with zero attached hydrogens (tertiary/aromatic N) is 1. The number of aryl methyl sites for hydroxylation is 1. The number of hydrogen-bond acceptors (Lipinski definition) is 3. The molecular formula is C16H17FN2O3S. The molecule has 5 nitrogen and oxygen atoms in total. The Morgan fingerprint density at radius 2 is 1.74 bits per heavy atom. The summed E-state index contributed by atoms with van der Waals surface area (Å²) in [6.07, 6.45) is 0. The van der Waals surface area contributed by atoms with Gasteiger partial charge in [0, 0.05) is 19.7 Å². The van der Waals surface area contributed by atoms with Crippen LogP contribution in [0, 0.1) is 12.7 Å². The first-order valence-electron chi connectivity index (χ1n) is 6.84. The fourth-order valence-electron chi connectivity index (χ4n) is 2.03. The van der Waals surface area contributed by atoms with Crippen LogP contribution in [0.15, 0.2) is 47.4 Å². The second-order valence-electron chi connectivity index (χ2n) is 5.11. The fourth-order valence-corrected chi connectivity index (χ4v) is 3.31. The molecule has 2 rings (SSSR count). The fraction of sp³-hybridized carbons (Fsp3) is 0.188. The van der Waals surface area contributed by atoms with Crippen molar-refractivity contribution in [3.05, 3.63) is 53.8 Å². The van der Waals surface area contributed by atoms with E-state index in [9.17, 15) is 17.6 Å². The number of rotatable bonds is 4. The topological polar surface area (TPSA) is 66.5 Å². The zero-order valence-electron chi connectivity index (χ0n) is 13.0. The summed E-state index contributed by atoms with van der Waals surface area (Å²) in [7, 11) is -2.37. The molecule has 0 heterocycles. The van der Waals surface area contributed by atoms with Gasteiger partial charge >= 0.3 is 0 Å². The molecule has 0 aliphatic carbocycles. The van der Waals surface area contributed by atoms with E-state index in [1.165, 1.54) is 33.0 Å². The van der Waals surface area contributed by atoms with E-state index >= 15 is 0 Å². The zero-order valence-corrected chi connectivity index (χ0v) is 13.8. The average Bonchev–Trinajstić information content (AvgIpc) is 2.49. The van der Waals surface area contributed by atoms with Gasteiger partial charge < -0.3 is 5.32 Å². The molecule has 2 aromatic carbocycles. The van der Waals surface area contributed by atoms with Crippen LogP contribution in [-0.2, 0) is 14.8 Å². The van der Waals surface area contributed by atoms with Crippen LogP contribution in [0.4, 0.5) is 15.8 Å². The number of benzene rings is 2. The van der Waals surface area contributed by atoms with Crippen LogP contribution in [0.2, 0.25) is 0 Å². The van der Waals surface area contributed by atoms with Gasteiger partial charge in [-0.25, -0.2) is 12.8 Å². The minimum Gasteiger partial charge on any atom is -0.326 e. The first kappa shape index (κ1) is 17.0. The first-order valence-corrected chi connectivity index (χ1v) is 8.28. The van der Waals surface area contributed by atoms with Crippen LogP contribution < -0.4 is 9.62 Å². The number of carbonyl (C=O) groups is 1. The number of anilines is 2. The summed E-state index contributed by atoms with van der Waals surface area (Å²) in [4.78, 5) is 11.0. The van der Waals surface area contributed by atoms with Crippen molar-refractivity contribution < 1.29 is 17.6 Å². The van der Waals surface area contributed by atoms with E-state index < -0.39 is 15.8 Å². The van der Waals surface area contributed by atoms with Crippen molar-refractivity contribution in [2.75, 3.05) is 16.7 Å². The first-order chi connectivity index (χ1) is 10.7. The molecule has 0 unspecified atom stereocenters. The van der Waals surface area contributed by atoms with Crippen molar-refractivity contribution in [3.63, 3.8) is 0 Å². The van der Waals surface area contributed by atoms with Crippen molar-refractivity contribution in [2.45, 2.75) is 18.7 Å². The summed E-state index contributed by atoms with van der Waals surface area (Å²) in [5.41, 5.74) is 1.27.